The molecule has 12 heteroatoms. The van der Waals surface area contributed by atoms with Gasteiger partial charge in [-0.05, 0) is 43.5 Å². The number of thiocarbonyl (C=S) groups is 1. The molecule has 0 saturated carbocycles. The van der Waals surface area contributed by atoms with Crippen LogP contribution in [0.15, 0.2) is 45.7 Å². The number of furan rings is 1. The summed E-state index contributed by atoms with van der Waals surface area (Å²) < 4.78 is 5.68. The molecule has 0 radical (unpaired) electrons. The number of nitro groups is 1. The van der Waals surface area contributed by atoms with Crippen molar-refractivity contribution in [2.45, 2.75) is 25.3 Å². The Morgan fingerprint density at radius 3 is 2.47 bits per heavy atom. The summed E-state index contributed by atoms with van der Waals surface area (Å²) in [6, 6.07) is 7.53. The number of non-ortho nitro benzene ring substituents is 1. The largest absolute Gasteiger partial charge is 0.550 e. The van der Waals surface area contributed by atoms with E-state index in [1.54, 1.807) is 12.1 Å². The van der Waals surface area contributed by atoms with Gasteiger partial charge in [0, 0.05) is 29.7 Å². The lowest BCUT2D eigenvalue weighted by Crippen LogP contribution is -2.50. The Hall–Kier alpha value is -3.51. The molecule has 1 aliphatic rings. The van der Waals surface area contributed by atoms with Gasteiger partial charge in [0.2, 0.25) is 0 Å². The lowest BCUT2D eigenvalue weighted by Gasteiger charge is -2.27. The third kappa shape index (κ3) is 5.21. The lowest BCUT2D eigenvalue weighted by atomic mass is 10.1. The van der Waals surface area contributed by atoms with Crippen LogP contribution in [0.3, 0.4) is 0 Å². The van der Waals surface area contributed by atoms with Gasteiger partial charge < -0.3 is 24.2 Å². The number of hydrogen-bond acceptors (Lipinski definition) is 10. The molecule has 1 saturated heterocycles. The molecule has 166 valence electrons. The van der Waals surface area contributed by atoms with Crippen LogP contribution in [0.4, 0.5) is 5.69 Å². The number of carboxylic acid groups (broad SMARTS) is 2. The Balaban J connectivity index is 1.77. The molecule has 2 aromatic rings. The van der Waals surface area contributed by atoms with Crippen molar-refractivity contribution in [2.75, 3.05) is 0 Å². The molecule has 0 aliphatic carbocycles. The summed E-state index contributed by atoms with van der Waals surface area (Å²) in [5.41, 5.74) is 0.527. The summed E-state index contributed by atoms with van der Waals surface area (Å²) in [7, 11) is 0. The number of nitro benzene ring substituents is 1. The number of carbonyl (C=O) groups is 3. The van der Waals surface area contributed by atoms with E-state index in [1.165, 1.54) is 30.3 Å². The molecule has 32 heavy (non-hydrogen) atoms. The summed E-state index contributed by atoms with van der Waals surface area (Å²) in [6.07, 6.45) is 0.878. The quantitative estimate of drug-likeness (QED) is 0.223. The van der Waals surface area contributed by atoms with E-state index in [-0.39, 0.29) is 34.2 Å². The van der Waals surface area contributed by atoms with Gasteiger partial charge in [-0.15, -0.1) is 0 Å². The van der Waals surface area contributed by atoms with Crippen LogP contribution in [0.5, 0.6) is 0 Å². The normalized spacial score (nSPS) is 15.9. The molecule has 1 aromatic carbocycles. The van der Waals surface area contributed by atoms with Crippen LogP contribution in [-0.2, 0) is 14.4 Å². The maximum absolute atomic E-state index is 12.8. The molecule has 3 rings (SSSR count). The molecule has 1 aliphatic heterocycles. The van der Waals surface area contributed by atoms with E-state index in [4.69, 9.17) is 16.6 Å². The van der Waals surface area contributed by atoms with E-state index in [2.05, 4.69) is 0 Å². The van der Waals surface area contributed by atoms with E-state index >= 15 is 0 Å². The van der Waals surface area contributed by atoms with Crippen LogP contribution < -0.4 is 10.2 Å². The zero-order valence-electron chi connectivity index (χ0n) is 16.2. The van der Waals surface area contributed by atoms with Gasteiger partial charge in [-0.3, -0.25) is 19.8 Å². The molecule has 1 fully saturated rings. The van der Waals surface area contributed by atoms with Crippen LogP contribution in [0.25, 0.3) is 17.4 Å². The molecular formula is C20H14N2O8S2-2. The van der Waals surface area contributed by atoms with Crippen molar-refractivity contribution in [1.29, 1.82) is 0 Å². The molecule has 0 spiro atoms. The van der Waals surface area contributed by atoms with Gasteiger partial charge in [-0.25, -0.2) is 0 Å². The van der Waals surface area contributed by atoms with Gasteiger partial charge in [0.25, 0.3) is 11.6 Å². The van der Waals surface area contributed by atoms with Crippen LogP contribution in [0, 0.1) is 10.1 Å². The topological polar surface area (TPSA) is 157 Å². The summed E-state index contributed by atoms with van der Waals surface area (Å²) in [4.78, 5) is 46.1. The first-order valence-corrected chi connectivity index (χ1v) is 10.4. The van der Waals surface area contributed by atoms with Crippen molar-refractivity contribution >= 4 is 57.9 Å². The smallest absolute Gasteiger partial charge is 0.269 e. The van der Waals surface area contributed by atoms with Crippen molar-refractivity contribution in [3.05, 3.63) is 57.2 Å². The molecular weight excluding hydrogens is 460 g/mol. The maximum Gasteiger partial charge on any atom is 0.269 e. The molecule has 1 aromatic heterocycles. The number of rotatable bonds is 9. The third-order valence-electron chi connectivity index (χ3n) is 4.53. The average molecular weight is 474 g/mol. The predicted molar refractivity (Wildman–Crippen MR) is 113 cm³/mol. The standard InChI is InChI=1S/C20H16N2O8S2/c23-17(24)3-1-2-14(19(26)27)21-18(25)16(32-20(21)31)10-13-8-9-15(30-13)11-4-6-12(7-5-11)22(28)29/h4-10,14H,1-3H2,(H,23,24)(H,26,27)/p-2/b16-10+/t14-/m1/s1. The van der Waals surface area contributed by atoms with Crippen LogP contribution in [-0.4, -0.2) is 38.0 Å². The summed E-state index contributed by atoms with van der Waals surface area (Å²) in [6.45, 7) is 0. The minimum atomic E-state index is -1.54. The lowest BCUT2D eigenvalue weighted by molar-refractivity contribution is -0.384. The van der Waals surface area contributed by atoms with Crippen molar-refractivity contribution in [1.82, 2.24) is 4.90 Å². The molecule has 0 N–H and O–H groups in total. The highest BCUT2D eigenvalue weighted by Crippen LogP contribution is 2.35. The van der Waals surface area contributed by atoms with Gasteiger partial charge in [0.15, 0.2) is 0 Å². The maximum atomic E-state index is 12.8. The third-order valence-corrected chi connectivity index (χ3v) is 5.86. The molecule has 1 amide bonds. The number of aliphatic carboxylic acids is 2. The Morgan fingerprint density at radius 2 is 1.88 bits per heavy atom. The second-order valence-electron chi connectivity index (χ2n) is 6.66. The first kappa shape index (κ1) is 23.2. The van der Waals surface area contributed by atoms with Crippen molar-refractivity contribution in [2.24, 2.45) is 0 Å². The van der Waals surface area contributed by atoms with Crippen LogP contribution >= 0.6 is 24.0 Å². The Kier molecular flexibility index (Phi) is 7.05. The molecule has 2 heterocycles. The summed E-state index contributed by atoms with van der Waals surface area (Å²) in [5, 5.41) is 32.9. The minimum absolute atomic E-state index is 0.00560. The van der Waals surface area contributed by atoms with E-state index in [0.29, 0.717) is 17.1 Å². The number of hydrogen-bond donors (Lipinski definition) is 0. The zero-order chi connectivity index (χ0) is 23.4. The van der Waals surface area contributed by atoms with Crippen LogP contribution in [0.2, 0.25) is 0 Å². The molecule has 10 nitrogen and oxygen atoms in total. The van der Waals surface area contributed by atoms with Crippen molar-refractivity contribution in [3.8, 4) is 11.3 Å². The molecule has 1 atom stereocenters. The van der Waals surface area contributed by atoms with Gasteiger partial charge in [-0.2, -0.15) is 0 Å². The number of benzene rings is 1. The Labute approximate surface area is 190 Å². The number of amides is 1. The van der Waals surface area contributed by atoms with Gasteiger partial charge in [0.1, 0.15) is 15.8 Å². The molecule has 0 bridgehead atoms. The number of thioether (sulfide) groups is 1. The fourth-order valence-electron chi connectivity index (χ4n) is 3.00. The van der Waals surface area contributed by atoms with Gasteiger partial charge in [0.05, 0.1) is 21.8 Å². The minimum Gasteiger partial charge on any atom is -0.550 e. The second-order valence-corrected chi connectivity index (χ2v) is 8.33. The number of carbonyl (C=O) groups excluding carboxylic acids is 3. The van der Waals surface area contributed by atoms with Gasteiger partial charge >= 0.3 is 0 Å². The number of carboxylic acids is 2. The monoisotopic (exact) mass is 474 g/mol. The first-order valence-electron chi connectivity index (χ1n) is 9.20. The second kappa shape index (κ2) is 9.75. The van der Waals surface area contributed by atoms with E-state index in [9.17, 15) is 34.7 Å². The first-order chi connectivity index (χ1) is 15.2. The highest BCUT2D eigenvalue weighted by Gasteiger charge is 2.37. The van der Waals surface area contributed by atoms with E-state index in [0.717, 1.165) is 16.7 Å². The Bertz CT molecular complexity index is 1120. The summed E-state index contributed by atoms with van der Waals surface area (Å²) >= 11 is 6.03. The van der Waals surface area contributed by atoms with E-state index in [1.807, 2.05) is 0 Å². The fraction of sp³-hybridized carbons (Fsp3) is 0.200. The highest BCUT2D eigenvalue weighted by atomic mass is 32.2. The predicted octanol–water partition coefficient (Wildman–Crippen LogP) is 1.09. The number of nitrogens with zero attached hydrogens (tertiary/aromatic N) is 2. The fourth-order valence-corrected chi connectivity index (χ4v) is 4.34. The average Bonchev–Trinajstić information content (AvgIpc) is 3.30. The SMILES string of the molecule is O=C([O-])CCC[C@H](C(=O)[O-])N1C(=O)/C(=C\c2ccc(-c3ccc([N+](=O)[O-])cc3)o2)SC1=S. The van der Waals surface area contributed by atoms with Gasteiger partial charge in [-0.1, -0.05) is 24.0 Å². The summed E-state index contributed by atoms with van der Waals surface area (Å²) in [5.74, 6) is -2.82. The zero-order valence-corrected chi connectivity index (χ0v) is 17.9. The van der Waals surface area contributed by atoms with Crippen molar-refractivity contribution in [3.63, 3.8) is 0 Å². The van der Waals surface area contributed by atoms with Crippen molar-refractivity contribution < 1.29 is 33.9 Å². The Morgan fingerprint density at radius 1 is 1.19 bits per heavy atom. The van der Waals surface area contributed by atoms with E-state index < -0.39 is 28.8 Å². The molecule has 0 unspecified atom stereocenters. The highest BCUT2D eigenvalue weighted by molar-refractivity contribution is 8.26. The van der Waals surface area contributed by atoms with Crippen LogP contribution in [0.1, 0.15) is 25.0 Å².